The summed E-state index contributed by atoms with van der Waals surface area (Å²) in [6.07, 6.45) is 2.11. The van der Waals surface area contributed by atoms with E-state index in [0.717, 1.165) is 30.8 Å². The van der Waals surface area contributed by atoms with Crippen LogP contribution in [0, 0.1) is 10.1 Å². The lowest BCUT2D eigenvalue weighted by Gasteiger charge is -2.19. The van der Waals surface area contributed by atoms with Gasteiger partial charge in [-0.25, -0.2) is 0 Å². The number of hydrogen-bond acceptors (Lipinski definition) is 4. The Hall–Kier alpha value is -2.27. The van der Waals surface area contributed by atoms with Crippen LogP contribution >= 0.6 is 11.6 Å². The predicted octanol–water partition coefficient (Wildman–Crippen LogP) is 4.35. The highest BCUT2D eigenvalue weighted by atomic mass is 35.5. The topological polar surface area (TPSA) is 67.2 Å². The van der Waals surface area contributed by atoms with Gasteiger partial charge >= 0.3 is 0 Å². The molecule has 0 aliphatic carbocycles. The second-order valence-electron chi connectivity index (χ2n) is 4.95. The van der Waals surface area contributed by atoms with Crippen LogP contribution in [0.1, 0.15) is 12.0 Å². The van der Waals surface area contributed by atoms with Crippen LogP contribution in [0.15, 0.2) is 36.4 Å². The molecule has 0 fully saturated rings. The number of aryl methyl sites for hydroxylation is 1. The third-order valence-electron chi connectivity index (χ3n) is 3.48. The summed E-state index contributed by atoms with van der Waals surface area (Å²) < 4.78 is 0. The van der Waals surface area contributed by atoms with Crippen molar-refractivity contribution in [2.75, 3.05) is 17.2 Å². The average Bonchev–Trinajstić information content (AvgIpc) is 2.49. The quantitative estimate of drug-likeness (QED) is 0.653. The first-order valence-electron chi connectivity index (χ1n) is 6.71. The first-order chi connectivity index (χ1) is 10.1. The summed E-state index contributed by atoms with van der Waals surface area (Å²) in [5.74, 6) is 0. The van der Waals surface area contributed by atoms with Gasteiger partial charge in [-0.2, -0.15) is 0 Å². The summed E-state index contributed by atoms with van der Waals surface area (Å²) in [5, 5.41) is 17.9. The molecule has 1 heterocycles. The molecule has 2 N–H and O–H groups in total. The molecule has 0 saturated heterocycles. The van der Waals surface area contributed by atoms with Gasteiger partial charge in [0, 0.05) is 29.0 Å². The minimum atomic E-state index is -0.436. The number of nitro groups is 1. The Kier molecular flexibility index (Phi) is 3.66. The average molecular weight is 304 g/mol. The highest BCUT2D eigenvalue weighted by molar-refractivity contribution is 6.30. The molecule has 0 radical (unpaired) electrons. The van der Waals surface area contributed by atoms with Gasteiger partial charge in [0.2, 0.25) is 0 Å². The van der Waals surface area contributed by atoms with E-state index in [0.29, 0.717) is 10.7 Å². The number of anilines is 3. The number of halogens is 1. The van der Waals surface area contributed by atoms with Crippen LogP contribution in [-0.4, -0.2) is 11.5 Å². The second kappa shape index (κ2) is 5.61. The molecule has 0 bridgehead atoms. The van der Waals surface area contributed by atoms with E-state index in [-0.39, 0.29) is 5.69 Å². The molecular formula is C15H14ClN3O2. The molecule has 1 aliphatic heterocycles. The van der Waals surface area contributed by atoms with E-state index >= 15 is 0 Å². The fourth-order valence-electron chi connectivity index (χ4n) is 2.47. The highest BCUT2D eigenvalue weighted by Gasteiger charge is 2.15. The van der Waals surface area contributed by atoms with Crippen LogP contribution in [0.5, 0.6) is 0 Å². The van der Waals surface area contributed by atoms with Gasteiger partial charge in [0.15, 0.2) is 0 Å². The van der Waals surface area contributed by atoms with E-state index < -0.39 is 4.92 Å². The number of nitro benzene ring substituents is 1. The third kappa shape index (κ3) is 2.92. The van der Waals surface area contributed by atoms with Gasteiger partial charge in [-0.3, -0.25) is 10.1 Å². The first-order valence-corrected chi connectivity index (χ1v) is 7.09. The number of benzene rings is 2. The van der Waals surface area contributed by atoms with Crippen LogP contribution in [-0.2, 0) is 6.42 Å². The lowest BCUT2D eigenvalue weighted by molar-refractivity contribution is -0.383. The van der Waals surface area contributed by atoms with E-state index in [1.807, 2.05) is 18.2 Å². The molecule has 2 aromatic rings. The number of rotatable bonds is 3. The van der Waals surface area contributed by atoms with Gasteiger partial charge in [-0.05, 0) is 48.7 Å². The van der Waals surface area contributed by atoms with E-state index in [2.05, 4.69) is 10.6 Å². The molecule has 3 rings (SSSR count). The van der Waals surface area contributed by atoms with Crippen LogP contribution in [0.3, 0.4) is 0 Å². The molecule has 0 unspecified atom stereocenters. The van der Waals surface area contributed by atoms with Gasteiger partial charge < -0.3 is 10.6 Å². The molecule has 0 atom stereocenters. The molecular weight excluding hydrogens is 290 g/mol. The van der Waals surface area contributed by atoms with Gasteiger partial charge in [-0.15, -0.1) is 0 Å². The predicted molar refractivity (Wildman–Crippen MR) is 84.6 cm³/mol. The molecule has 1 aliphatic rings. The molecule has 0 saturated carbocycles. The Balaban J connectivity index is 1.92. The summed E-state index contributed by atoms with van der Waals surface area (Å²) in [6.45, 7) is 0.989. The van der Waals surface area contributed by atoms with Crippen LogP contribution in [0.4, 0.5) is 22.7 Å². The fourth-order valence-corrected chi connectivity index (χ4v) is 2.64. The summed E-state index contributed by atoms with van der Waals surface area (Å²) in [6, 6.07) is 10.5. The van der Waals surface area contributed by atoms with Gasteiger partial charge in [0.1, 0.15) is 5.69 Å². The highest BCUT2D eigenvalue weighted by Crippen LogP contribution is 2.32. The van der Waals surface area contributed by atoms with Crippen molar-refractivity contribution in [2.24, 2.45) is 0 Å². The molecule has 0 aromatic heterocycles. The van der Waals surface area contributed by atoms with Crippen molar-refractivity contribution in [1.29, 1.82) is 0 Å². The minimum Gasteiger partial charge on any atom is -0.385 e. The van der Waals surface area contributed by atoms with Gasteiger partial charge in [-0.1, -0.05) is 11.6 Å². The Morgan fingerprint density at radius 1 is 1.24 bits per heavy atom. The van der Waals surface area contributed by atoms with E-state index in [1.165, 1.54) is 11.6 Å². The number of nitrogens with zero attached hydrogens (tertiary/aromatic N) is 1. The number of hydrogen-bond donors (Lipinski definition) is 2. The SMILES string of the molecule is O=[N+]([O-])c1cc(Cl)ccc1Nc1ccc2c(c1)CCCN2. The van der Waals surface area contributed by atoms with Gasteiger partial charge in [0.25, 0.3) is 5.69 Å². The van der Waals surface area contributed by atoms with Crippen LogP contribution < -0.4 is 10.6 Å². The van der Waals surface area contributed by atoms with Crippen molar-refractivity contribution in [2.45, 2.75) is 12.8 Å². The molecule has 0 amide bonds. The third-order valence-corrected chi connectivity index (χ3v) is 3.71. The molecule has 21 heavy (non-hydrogen) atoms. The number of nitrogens with one attached hydrogen (secondary N) is 2. The minimum absolute atomic E-state index is 0.0293. The first kappa shape index (κ1) is 13.7. The van der Waals surface area contributed by atoms with Crippen molar-refractivity contribution >= 4 is 34.4 Å². The Morgan fingerprint density at radius 3 is 2.90 bits per heavy atom. The maximum atomic E-state index is 11.1. The smallest absolute Gasteiger partial charge is 0.294 e. The van der Waals surface area contributed by atoms with Crippen molar-refractivity contribution in [3.63, 3.8) is 0 Å². The lowest BCUT2D eigenvalue weighted by Crippen LogP contribution is -2.11. The van der Waals surface area contributed by atoms with Crippen molar-refractivity contribution in [3.8, 4) is 0 Å². The van der Waals surface area contributed by atoms with Crippen molar-refractivity contribution in [1.82, 2.24) is 0 Å². The van der Waals surface area contributed by atoms with E-state index in [4.69, 9.17) is 11.6 Å². The zero-order chi connectivity index (χ0) is 14.8. The summed E-state index contributed by atoms with van der Waals surface area (Å²) >= 11 is 5.82. The van der Waals surface area contributed by atoms with Crippen molar-refractivity contribution < 1.29 is 4.92 Å². The maximum Gasteiger partial charge on any atom is 0.294 e. The molecule has 2 aromatic carbocycles. The Bertz CT molecular complexity index is 703. The zero-order valence-electron chi connectivity index (χ0n) is 11.2. The molecule has 6 heteroatoms. The fraction of sp³-hybridized carbons (Fsp3) is 0.200. The number of fused-ring (bicyclic) bond motifs is 1. The summed E-state index contributed by atoms with van der Waals surface area (Å²) in [7, 11) is 0. The Morgan fingerprint density at radius 2 is 2.10 bits per heavy atom. The van der Waals surface area contributed by atoms with Crippen LogP contribution in [0.2, 0.25) is 5.02 Å². The molecule has 5 nitrogen and oxygen atoms in total. The largest absolute Gasteiger partial charge is 0.385 e. The summed E-state index contributed by atoms with van der Waals surface area (Å²) in [5.41, 5.74) is 3.61. The van der Waals surface area contributed by atoms with Crippen molar-refractivity contribution in [3.05, 3.63) is 57.1 Å². The second-order valence-corrected chi connectivity index (χ2v) is 5.38. The lowest BCUT2D eigenvalue weighted by atomic mass is 10.0. The van der Waals surface area contributed by atoms with Crippen LogP contribution in [0.25, 0.3) is 0 Å². The Labute approximate surface area is 127 Å². The van der Waals surface area contributed by atoms with E-state index in [1.54, 1.807) is 12.1 Å². The molecule has 108 valence electrons. The van der Waals surface area contributed by atoms with E-state index in [9.17, 15) is 10.1 Å². The standard InChI is InChI=1S/C15H14ClN3O2/c16-11-3-5-14(15(9-11)19(20)21)18-12-4-6-13-10(8-12)2-1-7-17-13/h3-6,8-9,17-18H,1-2,7H2. The monoisotopic (exact) mass is 303 g/mol. The zero-order valence-corrected chi connectivity index (χ0v) is 12.0. The summed E-state index contributed by atoms with van der Waals surface area (Å²) in [4.78, 5) is 10.7. The maximum absolute atomic E-state index is 11.1. The normalized spacial score (nSPS) is 13.2. The molecule has 0 spiro atoms. The van der Waals surface area contributed by atoms with Gasteiger partial charge in [0.05, 0.1) is 4.92 Å².